The summed E-state index contributed by atoms with van der Waals surface area (Å²) in [7, 11) is 0. The smallest absolute Gasteiger partial charge is 0.336 e. The van der Waals surface area contributed by atoms with Gasteiger partial charge >= 0.3 is 5.97 Å². The van der Waals surface area contributed by atoms with Crippen molar-refractivity contribution in [3.8, 4) is 11.8 Å². The van der Waals surface area contributed by atoms with Gasteiger partial charge in [0.2, 0.25) is 0 Å². The maximum atomic E-state index is 14.0. The van der Waals surface area contributed by atoms with E-state index in [1.165, 1.54) is 17.7 Å². The summed E-state index contributed by atoms with van der Waals surface area (Å²) in [5, 5.41) is 9.43. The normalized spacial score (nSPS) is 11.5. The molecule has 0 aliphatic heterocycles. The van der Waals surface area contributed by atoms with Gasteiger partial charge in [-0.05, 0) is 53.0 Å². The molecular formula is C27H22FNO2. The maximum Gasteiger partial charge on any atom is 0.336 e. The number of allylic oxidation sites excluding steroid dienone is 1. The molecule has 0 spiro atoms. The lowest BCUT2D eigenvalue weighted by Gasteiger charge is -2.05. The molecule has 154 valence electrons. The van der Waals surface area contributed by atoms with Crippen molar-refractivity contribution in [2.45, 2.75) is 19.8 Å². The third kappa shape index (κ3) is 6.01. The summed E-state index contributed by atoms with van der Waals surface area (Å²) in [6.45, 7) is 4.25. The van der Waals surface area contributed by atoms with Crippen LogP contribution in [0.4, 0.5) is 4.39 Å². The summed E-state index contributed by atoms with van der Waals surface area (Å²) in [5.41, 5.74) is 3.17. The van der Waals surface area contributed by atoms with Crippen LogP contribution in [0.3, 0.4) is 0 Å². The van der Waals surface area contributed by atoms with Crippen molar-refractivity contribution in [1.82, 2.24) is 0 Å². The molecule has 3 rings (SSSR count). The van der Waals surface area contributed by atoms with Crippen LogP contribution in [0.1, 0.15) is 42.0 Å². The molecule has 4 heteroatoms. The number of nitrogens with zero attached hydrogens (tertiary/aromatic N) is 1. The zero-order valence-electron chi connectivity index (χ0n) is 17.4. The van der Waals surface area contributed by atoms with Gasteiger partial charge in [0.25, 0.3) is 0 Å². The van der Waals surface area contributed by atoms with Gasteiger partial charge in [0.1, 0.15) is 11.6 Å². The number of halogens is 1. The van der Waals surface area contributed by atoms with E-state index in [9.17, 15) is 14.4 Å². The standard InChI is InChI=1S/C27H22FNO2/c1-19(2)22-13-10-20(11-14-22)12-15-27(30)31-24-7-5-6-21(17-24)16-23(18-29)25-8-3-4-9-26(25)28/h3-17,19H,1-2H3/b15-12+,23-16-. The van der Waals surface area contributed by atoms with Crippen LogP contribution in [0.5, 0.6) is 5.75 Å². The van der Waals surface area contributed by atoms with Crippen LogP contribution in [0.2, 0.25) is 0 Å². The van der Waals surface area contributed by atoms with Crippen molar-refractivity contribution in [3.05, 3.63) is 107 Å². The summed E-state index contributed by atoms with van der Waals surface area (Å²) in [6.07, 6.45) is 4.62. The summed E-state index contributed by atoms with van der Waals surface area (Å²) in [6, 6.07) is 22.8. The van der Waals surface area contributed by atoms with Gasteiger partial charge < -0.3 is 4.74 Å². The SMILES string of the molecule is CC(C)c1ccc(/C=C/C(=O)Oc2cccc(/C=C(/C#N)c3ccccc3F)c2)cc1. The minimum absolute atomic E-state index is 0.186. The number of hydrogen-bond donors (Lipinski definition) is 0. The van der Waals surface area contributed by atoms with Gasteiger partial charge in [-0.25, -0.2) is 9.18 Å². The summed E-state index contributed by atoms with van der Waals surface area (Å²) < 4.78 is 19.4. The Morgan fingerprint density at radius 1 is 1.00 bits per heavy atom. The molecule has 31 heavy (non-hydrogen) atoms. The van der Waals surface area contributed by atoms with Crippen molar-refractivity contribution in [3.63, 3.8) is 0 Å². The molecular weight excluding hydrogens is 389 g/mol. The second-order valence-corrected chi connectivity index (χ2v) is 7.30. The zero-order valence-corrected chi connectivity index (χ0v) is 17.4. The number of nitriles is 1. The first kappa shape index (κ1) is 21.7. The fourth-order valence-corrected chi connectivity index (χ4v) is 2.99. The molecule has 0 bridgehead atoms. The number of carbonyl (C=O) groups excluding carboxylic acids is 1. The monoisotopic (exact) mass is 411 g/mol. The molecule has 0 saturated carbocycles. The Balaban J connectivity index is 1.72. The third-order valence-electron chi connectivity index (χ3n) is 4.69. The van der Waals surface area contributed by atoms with Gasteiger partial charge in [0.05, 0.1) is 11.6 Å². The number of rotatable bonds is 6. The first-order valence-electron chi connectivity index (χ1n) is 9.93. The highest BCUT2D eigenvalue weighted by molar-refractivity contribution is 5.91. The van der Waals surface area contributed by atoms with Gasteiger partial charge in [0.15, 0.2) is 0 Å². The van der Waals surface area contributed by atoms with Crippen molar-refractivity contribution >= 4 is 23.7 Å². The Bertz CT molecular complexity index is 1170. The van der Waals surface area contributed by atoms with E-state index in [1.54, 1.807) is 54.6 Å². The van der Waals surface area contributed by atoms with E-state index in [0.717, 1.165) is 5.56 Å². The Kier molecular flexibility index (Phi) is 7.13. The van der Waals surface area contributed by atoms with E-state index in [0.29, 0.717) is 17.2 Å². The molecule has 0 radical (unpaired) electrons. The third-order valence-corrected chi connectivity index (χ3v) is 4.69. The molecule has 0 heterocycles. The van der Waals surface area contributed by atoms with Crippen molar-refractivity contribution in [2.24, 2.45) is 0 Å². The van der Waals surface area contributed by atoms with Crippen LogP contribution < -0.4 is 4.74 Å². The van der Waals surface area contributed by atoms with Crippen molar-refractivity contribution in [2.75, 3.05) is 0 Å². The Morgan fingerprint density at radius 3 is 2.42 bits per heavy atom. The highest BCUT2D eigenvalue weighted by Crippen LogP contribution is 2.23. The Labute approximate surface area is 181 Å². The molecule has 0 N–H and O–H groups in total. The first-order chi connectivity index (χ1) is 15.0. The van der Waals surface area contributed by atoms with Crippen LogP contribution in [0.25, 0.3) is 17.7 Å². The molecule has 0 saturated heterocycles. The molecule has 0 atom stereocenters. The minimum Gasteiger partial charge on any atom is -0.423 e. The van der Waals surface area contributed by atoms with Gasteiger partial charge in [-0.15, -0.1) is 0 Å². The lowest BCUT2D eigenvalue weighted by atomic mass is 10.0. The van der Waals surface area contributed by atoms with Crippen LogP contribution in [0, 0.1) is 17.1 Å². The van der Waals surface area contributed by atoms with E-state index in [-0.39, 0.29) is 11.1 Å². The minimum atomic E-state index is -0.510. The first-order valence-corrected chi connectivity index (χ1v) is 9.93. The number of carbonyl (C=O) groups is 1. The highest BCUT2D eigenvalue weighted by Gasteiger charge is 2.08. The average Bonchev–Trinajstić information content (AvgIpc) is 2.77. The Hall–Kier alpha value is -3.97. The second kappa shape index (κ2) is 10.2. The van der Waals surface area contributed by atoms with E-state index in [1.807, 2.05) is 30.3 Å². The predicted molar refractivity (Wildman–Crippen MR) is 122 cm³/mol. The lowest BCUT2D eigenvalue weighted by molar-refractivity contribution is -0.128. The van der Waals surface area contributed by atoms with Crippen LogP contribution >= 0.6 is 0 Å². The highest BCUT2D eigenvalue weighted by atomic mass is 19.1. The van der Waals surface area contributed by atoms with Gasteiger partial charge in [0, 0.05) is 11.6 Å². The molecule has 0 aromatic heterocycles. The maximum absolute atomic E-state index is 14.0. The number of hydrogen-bond acceptors (Lipinski definition) is 3. The molecule has 0 fully saturated rings. The summed E-state index contributed by atoms with van der Waals surface area (Å²) in [4.78, 5) is 12.2. The van der Waals surface area contributed by atoms with Crippen LogP contribution in [0.15, 0.2) is 78.9 Å². The fraction of sp³-hybridized carbons (Fsp3) is 0.111. The van der Waals surface area contributed by atoms with E-state index >= 15 is 0 Å². The summed E-state index contributed by atoms with van der Waals surface area (Å²) in [5.74, 6) is -0.193. The Morgan fingerprint density at radius 2 is 1.74 bits per heavy atom. The molecule has 3 aromatic rings. The number of benzene rings is 3. The predicted octanol–water partition coefficient (Wildman–Crippen LogP) is 6.63. The van der Waals surface area contributed by atoms with Gasteiger partial charge in [-0.1, -0.05) is 68.4 Å². The average molecular weight is 411 g/mol. The molecule has 0 aliphatic rings. The molecule has 3 aromatic carbocycles. The topological polar surface area (TPSA) is 50.1 Å². The van der Waals surface area contributed by atoms with Gasteiger partial charge in [-0.2, -0.15) is 5.26 Å². The molecule has 0 unspecified atom stereocenters. The zero-order chi connectivity index (χ0) is 22.2. The van der Waals surface area contributed by atoms with Gasteiger partial charge in [-0.3, -0.25) is 0 Å². The largest absolute Gasteiger partial charge is 0.423 e. The fourth-order valence-electron chi connectivity index (χ4n) is 2.99. The lowest BCUT2D eigenvalue weighted by Crippen LogP contribution is -2.03. The van der Waals surface area contributed by atoms with E-state index in [2.05, 4.69) is 13.8 Å². The van der Waals surface area contributed by atoms with Crippen molar-refractivity contribution < 1.29 is 13.9 Å². The molecule has 0 amide bonds. The van der Waals surface area contributed by atoms with Crippen molar-refractivity contribution in [1.29, 1.82) is 5.26 Å². The second-order valence-electron chi connectivity index (χ2n) is 7.30. The molecule has 3 nitrogen and oxygen atoms in total. The van der Waals surface area contributed by atoms with Crippen LogP contribution in [-0.4, -0.2) is 5.97 Å². The summed E-state index contributed by atoms with van der Waals surface area (Å²) >= 11 is 0. The van der Waals surface area contributed by atoms with Crippen LogP contribution in [-0.2, 0) is 4.79 Å². The quantitative estimate of drug-likeness (QED) is 0.150. The number of esters is 1. The van der Waals surface area contributed by atoms with E-state index in [4.69, 9.17) is 4.74 Å². The number of ether oxygens (including phenoxy) is 1. The van der Waals surface area contributed by atoms with E-state index < -0.39 is 11.8 Å². The molecule has 0 aliphatic carbocycles.